The lowest BCUT2D eigenvalue weighted by molar-refractivity contribution is 0.350. The SMILES string of the molecule is COc1cc(Cl)cc(CN[C@@H](C)c2ccccc2)c1OC. The summed E-state index contributed by atoms with van der Waals surface area (Å²) in [5, 5.41) is 4.11. The number of benzene rings is 2. The summed E-state index contributed by atoms with van der Waals surface area (Å²) in [5.41, 5.74) is 2.22. The van der Waals surface area contributed by atoms with Gasteiger partial charge in [0, 0.05) is 29.2 Å². The molecule has 0 saturated heterocycles. The third-order valence-electron chi connectivity index (χ3n) is 3.42. The minimum absolute atomic E-state index is 0.237. The van der Waals surface area contributed by atoms with E-state index >= 15 is 0 Å². The van der Waals surface area contributed by atoms with Crippen LogP contribution in [0.5, 0.6) is 11.5 Å². The smallest absolute Gasteiger partial charge is 0.165 e. The van der Waals surface area contributed by atoms with Crippen LogP contribution in [0.3, 0.4) is 0 Å². The van der Waals surface area contributed by atoms with Crippen molar-refractivity contribution in [3.63, 3.8) is 0 Å². The Kier molecular flexibility index (Phi) is 5.48. The summed E-state index contributed by atoms with van der Waals surface area (Å²) in [4.78, 5) is 0. The van der Waals surface area contributed by atoms with Gasteiger partial charge < -0.3 is 14.8 Å². The Morgan fingerprint density at radius 1 is 1.10 bits per heavy atom. The normalized spacial score (nSPS) is 12.0. The quantitative estimate of drug-likeness (QED) is 0.867. The van der Waals surface area contributed by atoms with Gasteiger partial charge in [-0.1, -0.05) is 41.9 Å². The Labute approximate surface area is 130 Å². The van der Waals surface area contributed by atoms with Crippen LogP contribution in [0.1, 0.15) is 24.1 Å². The number of nitrogens with one attached hydrogen (secondary N) is 1. The van der Waals surface area contributed by atoms with Crippen molar-refractivity contribution in [3.8, 4) is 11.5 Å². The fourth-order valence-electron chi connectivity index (χ4n) is 2.26. The van der Waals surface area contributed by atoms with Crippen LogP contribution in [0, 0.1) is 0 Å². The third-order valence-corrected chi connectivity index (χ3v) is 3.64. The zero-order valence-corrected chi connectivity index (χ0v) is 13.3. The lowest BCUT2D eigenvalue weighted by Crippen LogP contribution is -2.18. The van der Waals surface area contributed by atoms with E-state index in [1.807, 2.05) is 24.3 Å². The third kappa shape index (κ3) is 3.90. The molecule has 0 saturated carbocycles. The molecule has 1 atom stereocenters. The monoisotopic (exact) mass is 305 g/mol. The molecule has 0 aliphatic heterocycles. The fraction of sp³-hybridized carbons (Fsp3) is 0.294. The van der Waals surface area contributed by atoms with Gasteiger partial charge in [-0.3, -0.25) is 0 Å². The van der Waals surface area contributed by atoms with Crippen LogP contribution in [0.2, 0.25) is 5.02 Å². The number of ether oxygens (including phenoxy) is 2. The van der Waals surface area contributed by atoms with Crippen LogP contribution in [0.15, 0.2) is 42.5 Å². The molecule has 0 spiro atoms. The summed E-state index contributed by atoms with van der Waals surface area (Å²) in [7, 11) is 3.24. The maximum Gasteiger partial charge on any atom is 0.165 e. The van der Waals surface area contributed by atoms with Crippen LogP contribution in [-0.2, 0) is 6.54 Å². The van der Waals surface area contributed by atoms with Gasteiger partial charge in [-0.15, -0.1) is 0 Å². The molecule has 0 aliphatic rings. The molecule has 0 fully saturated rings. The minimum atomic E-state index is 0.237. The molecule has 0 bridgehead atoms. The maximum atomic E-state index is 6.13. The van der Waals surface area contributed by atoms with Crippen LogP contribution < -0.4 is 14.8 Å². The molecule has 2 aromatic rings. The van der Waals surface area contributed by atoms with Crippen molar-refractivity contribution in [2.45, 2.75) is 19.5 Å². The van der Waals surface area contributed by atoms with Crippen LogP contribution >= 0.6 is 11.6 Å². The van der Waals surface area contributed by atoms with Gasteiger partial charge in [-0.05, 0) is 18.6 Å². The summed E-state index contributed by atoms with van der Waals surface area (Å²) >= 11 is 6.13. The van der Waals surface area contributed by atoms with E-state index in [-0.39, 0.29) is 6.04 Å². The number of hydrogen-bond donors (Lipinski definition) is 1. The molecule has 4 heteroatoms. The van der Waals surface area contributed by atoms with E-state index in [1.54, 1.807) is 20.3 Å². The van der Waals surface area contributed by atoms with Gasteiger partial charge >= 0.3 is 0 Å². The van der Waals surface area contributed by atoms with E-state index in [0.717, 1.165) is 11.3 Å². The molecule has 0 amide bonds. The van der Waals surface area contributed by atoms with Gasteiger partial charge in [-0.25, -0.2) is 0 Å². The van der Waals surface area contributed by atoms with Crippen LogP contribution in [-0.4, -0.2) is 14.2 Å². The largest absolute Gasteiger partial charge is 0.493 e. The van der Waals surface area contributed by atoms with Gasteiger partial charge in [0.1, 0.15) is 0 Å². The van der Waals surface area contributed by atoms with Crippen LogP contribution in [0.25, 0.3) is 0 Å². The van der Waals surface area contributed by atoms with Crippen molar-refractivity contribution in [1.29, 1.82) is 0 Å². The standard InChI is InChI=1S/C17H20ClNO2/c1-12(13-7-5-4-6-8-13)19-11-14-9-15(18)10-16(20-2)17(14)21-3/h4-10,12,19H,11H2,1-3H3/t12-/m0/s1. The topological polar surface area (TPSA) is 30.5 Å². The van der Waals surface area contributed by atoms with Gasteiger partial charge in [0.2, 0.25) is 0 Å². The molecule has 0 heterocycles. The molecule has 0 aromatic heterocycles. The molecule has 2 aromatic carbocycles. The molecule has 112 valence electrons. The van der Waals surface area contributed by atoms with Crippen LogP contribution in [0.4, 0.5) is 0 Å². The van der Waals surface area contributed by atoms with Gasteiger partial charge in [0.25, 0.3) is 0 Å². The van der Waals surface area contributed by atoms with E-state index in [2.05, 4.69) is 24.4 Å². The summed E-state index contributed by atoms with van der Waals surface area (Å²) < 4.78 is 10.7. The van der Waals surface area contributed by atoms with Crippen molar-refractivity contribution in [1.82, 2.24) is 5.32 Å². The van der Waals surface area contributed by atoms with E-state index in [0.29, 0.717) is 17.3 Å². The Bertz CT molecular complexity index is 587. The number of hydrogen-bond acceptors (Lipinski definition) is 3. The van der Waals surface area contributed by atoms with E-state index in [9.17, 15) is 0 Å². The van der Waals surface area contributed by atoms with E-state index in [1.165, 1.54) is 5.56 Å². The van der Waals surface area contributed by atoms with Crippen molar-refractivity contribution in [2.24, 2.45) is 0 Å². The zero-order valence-electron chi connectivity index (χ0n) is 12.5. The van der Waals surface area contributed by atoms with Gasteiger partial charge in [0.05, 0.1) is 14.2 Å². The first-order chi connectivity index (χ1) is 10.2. The Morgan fingerprint density at radius 2 is 1.81 bits per heavy atom. The van der Waals surface area contributed by atoms with Crippen molar-refractivity contribution in [3.05, 3.63) is 58.6 Å². The highest BCUT2D eigenvalue weighted by Gasteiger charge is 2.13. The average molecular weight is 306 g/mol. The highest BCUT2D eigenvalue weighted by Crippen LogP contribution is 2.34. The molecule has 1 N–H and O–H groups in total. The Hall–Kier alpha value is -1.71. The molecule has 0 radical (unpaired) electrons. The van der Waals surface area contributed by atoms with E-state index in [4.69, 9.17) is 21.1 Å². The summed E-state index contributed by atoms with van der Waals surface area (Å²) in [6.07, 6.45) is 0. The van der Waals surface area contributed by atoms with Crippen molar-refractivity contribution < 1.29 is 9.47 Å². The lowest BCUT2D eigenvalue weighted by Gasteiger charge is -2.17. The molecular formula is C17H20ClNO2. The van der Waals surface area contributed by atoms with Crippen molar-refractivity contribution >= 4 is 11.6 Å². The van der Waals surface area contributed by atoms with Gasteiger partial charge in [0.15, 0.2) is 11.5 Å². The second kappa shape index (κ2) is 7.34. The molecule has 21 heavy (non-hydrogen) atoms. The average Bonchev–Trinajstić information content (AvgIpc) is 2.52. The number of methoxy groups -OCH3 is 2. The first-order valence-electron chi connectivity index (χ1n) is 6.84. The Balaban J connectivity index is 2.14. The second-order valence-corrected chi connectivity index (χ2v) is 5.25. The summed E-state index contributed by atoms with van der Waals surface area (Å²) in [6, 6.07) is 14.2. The first kappa shape index (κ1) is 15.7. The van der Waals surface area contributed by atoms with Gasteiger partial charge in [-0.2, -0.15) is 0 Å². The minimum Gasteiger partial charge on any atom is -0.493 e. The Morgan fingerprint density at radius 3 is 2.43 bits per heavy atom. The van der Waals surface area contributed by atoms with E-state index < -0.39 is 0 Å². The summed E-state index contributed by atoms with van der Waals surface area (Å²) in [5.74, 6) is 1.36. The maximum absolute atomic E-state index is 6.13. The highest BCUT2D eigenvalue weighted by molar-refractivity contribution is 6.30. The molecule has 3 nitrogen and oxygen atoms in total. The lowest BCUT2D eigenvalue weighted by atomic mass is 10.1. The summed E-state index contributed by atoms with van der Waals surface area (Å²) in [6.45, 7) is 2.78. The van der Waals surface area contributed by atoms with Crippen molar-refractivity contribution in [2.75, 3.05) is 14.2 Å². The number of rotatable bonds is 6. The first-order valence-corrected chi connectivity index (χ1v) is 7.22. The number of halogens is 1. The predicted octanol–water partition coefficient (Wildman–Crippen LogP) is 4.21. The zero-order chi connectivity index (χ0) is 15.2. The molecule has 0 aliphatic carbocycles. The predicted molar refractivity (Wildman–Crippen MR) is 86.3 cm³/mol. The molecule has 0 unspecified atom stereocenters. The highest BCUT2D eigenvalue weighted by atomic mass is 35.5. The fourth-order valence-corrected chi connectivity index (χ4v) is 2.49. The molecule has 2 rings (SSSR count). The second-order valence-electron chi connectivity index (χ2n) is 4.81. The molecular weight excluding hydrogens is 286 g/mol.